The van der Waals surface area contributed by atoms with Gasteiger partial charge in [-0.25, -0.2) is 0 Å². The summed E-state index contributed by atoms with van der Waals surface area (Å²) in [6, 6.07) is 0. The monoisotopic (exact) mass is 232 g/mol. The molecule has 0 atom stereocenters. The van der Waals surface area contributed by atoms with Crippen LogP contribution in [0.25, 0.3) is 0 Å². The molecule has 68 valence electrons. The van der Waals surface area contributed by atoms with Gasteiger partial charge in [0.25, 0.3) is 0 Å². The van der Waals surface area contributed by atoms with E-state index in [-0.39, 0.29) is 51.4 Å². The molecule has 1 heterocycles. The standard InChI is InChI=1S/C7H9BF3S.K/c1-4-5(2)12-6(3)7(4)8(9,10)11;/h1-3H3;/q-1;+1. The first-order chi connectivity index (χ1) is 5.34. The first kappa shape index (κ1) is 14.2. The Hall–Kier alpha value is 1.19. The molecule has 6 heteroatoms. The van der Waals surface area contributed by atoms with Gasteiger partial charge in [0.15, 0.2) is 0 Å². The maximum atomic E-state index is 12.4. The molecule has 0 aliphatic heterocycles. The molecule has 0 radical (unpaired) electrons. The van der Waals surface area contributed by atoms with Crippen molar-refractivity contribution < 1.29 is 64.3 Å². The van der Waals surface area contributed by atoms with E-state index in [0.29, 0.717) is 10.4 Å². The molecule has 13 heavy (non-hydrogen) atoms. The fourth-order valence-electron chi connectivity index (χ4n) is 1.29. The van der Waals surface area contributed by atoms with Crippen LogP contribution in [0.5, 0.6) is 0 Å². The van der Waals surface area contributed by atoms with Gasteiger partial charge in [0.1, 0.15) is 0 Å². The van der Waals surface area contributed by atoms with Crippen molar-refractivity contribution in [3.8, 4) is 0 Å². The zero-order valence-electron chi connectivity index (χ0n) is 8.12. The minimum absolute atomic E-state index is 0. The summed E-state index contributed by atoms with van der Waals surface area (Å²) in [6.07, 6.45) is 0. The molecule has 0 amide bonds. The molecule has 0 unspecified atom stereocenters. The first-order valence-electron chi connectivity index (χ1n) is 3.60. The Bertz CT molecular complexity index is 305. The summed E-state index contributed by atoms with van der Waals surface area (Å²) in [5, 5.41) is 0. The summed E-state index contributed by atoms with van der Waals surface area (Å²) in [5.74, 6) is 0. The molecule has 1 aromatic rings. The molecule has 0 aliphatic carbocycles. The summed E-state index contributed by atoms with van der Waals surface area (Å²) >= 11 is 1.22. The molecule has 0 fully saturated rings. The van der Waals surface area contributed by atoms with E-state index in [1.165, 1.54) is 25.2 Å². The van der Waals surface area contributed by atoms with Crippen LogP contribution in [0.15, 0.2) is 0 Å². The summed E-state index contributed by atoms with van der Waals surface area (Å²) in [7, 11) is 0. The molecule has 0 aromatic carbocycles. The van der Waals surface area contributed by atoms with Crippen LogP contribution in [-0.2, 0) is 0 Å². The van der Waals surface area contributed by atoms with E-state index >= 15 is 0 Å². The number of halogens is 3. The van der Waals surface area contributed by atoms with Gasteiger partial charge in [0.2, 0.25) is 0 Å². The van der Waals surface area contributed by atoms with Crippen LogP contribution in [0.4, 0.5) is 12.9 Å². The third-order valence-corrected chi connectivity index (χ3v) is 3.08. The predicted molar refractivity (Wildman–Crippen MR) is 47.2 cm³/mol. The summed E-state index contributed by atoms with van der Waals surface area (Å²) in [6.45, 7) is -0.0488. The van der Waals surface area contributed by atoms with Gasteiger partial charge in [-0.3, -0.25) is 0 Å². The molecular formula is C7H9BF3KS. The molecule has 0 bridgehead atoms. The molecule has 1 rings (SSSR count). The third-order valence-electron chi connectivity index (χ3n) is 1.94. The van der Waals surface area contributed by atoms with Crippen molar-refractivity contribution in [1.29, 1.82) is 0 Å². The zero-order chi connectivity index (χ0) is 9.52. The average molecular weight is 232 g/mol. The number of aryl methyl sites for hydroxylation is 2. The molecule has 0 saturated carbocycles. The Morgan fingerprint density at radius 2 is 1.46 bits per heavy atom. The van der Waals surface area contributed by atoms with E-state index in [1.807, 2.05) is 0 Å². The second-order valence-corrected chi connectivity index (χ2v) is 4.26. The Kier molecular flexibility index (Phi) is 5.25. The zero-order valence-corrected chi connectivity index (χ0v) is 12.1. The van der Waals surface area contributed by atoms with Crippen molar-refractivity contribution in [2.45, 2.75) is 20.8 Å². The van der Waals surface area contributed by atoms with Crippen molar-refractivity contribution in [3.63, 3.8) is 0 Å². The van der Waals surface area contributed by atoms with Crippen molar-refractivity contribution in [1.82, 2.24) is 0 Å². The van der Waals surface area contributed by atoms with Crippen LogP contribution in [0.3, 0.4) is 0 Å². The minimum atomic E-state index is -4.82. The van der Waals surface area contributed by atoms with Crippen LogP contribution in [-0.4, -0.2) is 6.98 Å². The number of hydrogen-bond donors (Lipinski definition) is 0. The number of hydrogen-bond acceptors (Lipinski definition) is 1. The second-order valence-electron chi connectivity index (χ2n) is 2.83. The van der Waals surface area contributed by atoms with Gasteiger partial charge in [-0.2, -0.15) is 0 Å². The molecule has 0 nitrogen and oxygen atoms in total. The van der Waals surface area contributed by atoms with Gasteiger partial charge in [0, 0.05) is 4.88 Å². The fourth-order valence-corrected chi connectivity index (χ4v) is 2.41. The Labute approximate surface area is 122 Å². The molecule has 0 aliphatic rings. The van der Waals surface area contributed by atoms with E-state index in [2.05, 4.69) is 0 Å². The molecule has 0 saturated heterocycles. The molecule has 1 aromatic heterocycles. The summed E-state index contributed by atoms with van der Waals surface area (Å²) < 4.78 is 37.2. The van der Waals surface area contributed by atoms with Crippen LogP contribution >= 0.6 is 11.3 Å². The normalized spacial score (nSPS) is 11.2. The average Bonchev–Trinajstić information content (AvgIpc) is 2.05. The van der Waals surface area contributed by atoms with Crippen LogP contribution in [0.2, 0.25) is 0 Å². The van der Waals surface area contributed by atoms with Gasteiger partial charge in [-0.1, -0.05) is 11.0 Å². The van der Waals surface area contributed by atoms with Crippen molar-refractivity contribution in [2.24, 2.45) is 0 Å². The molecular weight excluding hydrogens is 223 g/mol. The van der Waals surface area contributed by atoms with Crippen LogP contribution in [0, 0.1) is 20.8 Å². The number of rotatable bonds is 1. The smallest absolute Gasteiger partial charge is 0.445 e. The van der Waals surface area contributed by atoms with Gasteiger partial charge in [0.05, 0.1) is 0 Å². The van der Waals surface area contributed by atoms with Crippen molar-refractivity contribution >= 4 is 23.8 Å². The summed E-state index contributed by atoms with van der Waals surface area (Å²) in [4.78, 5) is 1.15. The van der Waals surface area contributed by atoms with E-state index in [0.717, 1.165) is 4.88 Å². The van der Waals surface area contributed by atoms with Crippen LogP contribution in [0.1, 0.15) is 15.3 Å². The second kappa shape index (κ2) is 4.81. The van der Waals surface area contributed by atoms with E-state index in [1.54, 1.807) is 6.92 Å². The number of thiophene rings is 1. The van der Waals surface area contributed by atoms with Gasteiger partial charge in [-0.05, 0) is 25.6 Å². The topological polar surface area (TPSA) is 0 Å². The van der Waals surface area contributed by atoms with E-state index in [9.17, 15) is 12.9 Å². The fraction of sp³-hybridized carbons (Fsp3) is 0.429. The van der Waals surface area contributed by atoms with Crippen LogP contribution < -0.4 is 56.8 Å². The van der Waals surface area contributed by atoms with Crippen molar-refractivity contribution in [3.05, 3.63) is 15.3 Å². The SMILES string of the molecule is Cc1sc(C)c([B-](F)(F)F)c1C.[K+]. The Morgan fingerprint density at radius 1 is 1.00 bits per heavy atom. The predicted octanol–water partition coefficient (Wildman–Crippen LogP) is -0.268. The van der Waals surface area contributed by atoms with Crippen molar-refractivity contribution in [2.75, 3.05) is 0 Å². The molecule has 0 spiro atoms. The van der Waals surface area contributed by atoms with E-state index < -0.39 is 12.4 Å². The minimum Gasteiger partial charge on any atom is -0.445 e. The third kappa shape index (κ3) is 3.07. The van der Waals surface area contributed by atoms with Gasteiger partial charge < -0.3 is 12.9 Å². The maximum Gasteiger partial charge on any atom is 1.00 e. The van der Waals surface area contributed by atoms with Gasteiger partial charge >= 0.3 is 58.4 Å². The maximum absolute atomic E-state index is 12.4. The summed E-state index contributed by atoms with van der Waals surface area (Å²) in [5.41, 5.74) is 0.00231. The molecule has 0 N–H and O–H groups in total. The van der Waals surface area contributed by atoms with Gasteiger partial charge in [-0.15, -0.1) is 11.3 Å². The Balaban J connectivity index is 0.00000144. The van der Waals surface area contributed by atoms with E-state index in [4.69, 9.17) is 0 Å². The Morgan fingerprint density at radius 3 is 1.62 bits per heavy atom. The first-order valence-corrected chi connectivity index (χ1v) is 4.42. The largest absolute Gasteiger partial charge is 1.00 e. The quantitative estimate of drug-likeness (QED) is 0.585.